The Morgan fingerprint density at radius 3 is 2.67 bits per heavy atom. The molecule has 21 heavy (non-hydrogen) atoms. The van der Waals surface area contributed by atoms with E-state index in [0.717, 1.165) is 25.7 Å². The summed E-state index contributed by atoms with van der Waals surface area (Å²) < 4.78 is 27.8. The molecule has 1 aliphatic carbocycles. The second kappa shape index (κ2) is 6.24. The molecule has 0 radical (unpaired) electrons. The molecule has 1 aromatic carbocycles. The highest BCUT2D eigenvalue weighted by molar-refractivity contribution is 7.89. The van der Waals surface area contributed by atoms with Crippen LogP contribution < -0.4 is 4.72 Å². The normalized spacial score (nSPS) is 22.2. The minimum atomic E-state index is -3.59. The van der Waals surface area contributed by atoms with E-state index < -0.39 is 10.0 Å². The maximum absolute atomic E-state index is 12.5. The molecule has 1 aromatic rings. The lowest BCUT2D eigenvalue weighted by atomic mass is 9.74. The van der Waals surface area contributed by atoms with Gasteiger partial charge in [0.1, 0.15) is 0 Å². The average Bonchev–Trinajstić information content (AvgIpc) is 2.41. The van der Waals surface area contributed by atoms with Gasteiger partial charge in [-0.25, -0.2) is 13.1 Å². The van der Waals surface area contributed by atoms with Crippen molar-refractivity contribution in [2.24, 2.45) is 5.41 Å². The summed E-state index contributed by atoms with van der Waals surface area (Å²) in [6.07, 6.45) is 4.06. The van der Waals surface area contributed by atoms with E-state index in [-0.39, 0.29) is 28.0 Å². The van der Waals surface area contributed by atoms with Gasteiger partial charge >= 0.3 is 0 Å². The van der Waals surface area contributed by atoms with Crippen molar-refractivity contribution >= 4 is 21.6 Å². The Balaban J connectivity index is 2.24. The number of hydrogen-bond acceptors (Lipinski definition) is 3. The van der Waals surface area contributed by atoms with Gasteiger partial charge in [-0.2, -0.15) is 0 Å². The molecule has 0 amide bonds. The van der Waals surface area contributed by atoms with E-state index in [1.807, 2.05) is 0 Å². The number of aliphatic hydroxyl groups excluding tert-OH is 1. The Morgan fingerprint density at radius 2 is 2.10 bits per heavy atom. The van der Waals surface area contributed by atoms with Gasteiger partial charge in [-0.1, -0.05) is 44.4 Å². The van der Waals surface area contributed by atoms with Crippen molar-refractivity contribution in [3.8, 4) is 0 Å². The van der Waals surface area contributed by atoms with E-state index in [1.165, 1.54) is 12.1 Å². The van der Waals surface area contributed by atoms with E-state index >= 15 is 0 Å². The first kappa shape index (κ1) is 16.7. The van der Waals surface area contributed by atoms with Gasteiger partial charge in [0.2, 0.25) is 10.0 Å². The fourth-order valence-electron chi connectivity index (χ4n) is 2.79. The van der Waals surface area contributed by atoms with Crippen LogP contribution >= 0.6 is 11.6 Å². The van der Waals surface area contributed by atoms with Crippen molar-refractivity contribution < 1.29 is 13.5 Å². The largest absolute Gasteiger partial charge is 0.392 e. The minimum Gasteiger partial charge on any atom is -0.392 e. The van der Waals surface area contributed by atoms with Crippen molar-refractivity contribution in [1.29, 1.82) is 0 Å². The van der Waals surface area contributed by atoms with Crippen LogP contribution in [0.4, 0.5) is 0 Å². The molecule has 1 saturated carbocycles. The Morgan fingerprint density at radius 1 is 1.38 bits per heavy atom. The van der Waals surface area contributed by atoms with Crippen molar-refractivity contribution in [2.45, 2.75) is 57.1 Å². The summed E-state index contributed by atoms with van der Waals surface area (Å²) in [7, 11) is -3.59. The molecule has 0 aliphatic heterocycles. The molecule has 1 atom stereocenters. The predicted molar refractivity (Wildman–Crippen MR) is 83.7 cm³/mol. The fourth-order valence-corrected chi connectivity index (χ4v) is 4.56. The van der Waals surface area contributed by atoms with E-state index in [0.29, 0.717) is 5.56 Å². The van der Waals surface area contributed by atoms with Crippen LogP contribution in [0.3, 0.4) is 0 Å². The van der Waals surface area contributed by atoms with Crippen LogP contribution in [0.2, 0.25) is 5.02 Å². The van der Waals surface area contributed by atoms with Crippen molar-refractivity contribution in [1.82, 2.24) is 4.72 Å². The summed E-state index contributed by atoms with van der Waals surface area (Å²) in [6.45, 7) is 3.99. The number of benzene rings is 1. The lowest BCUT2D eigenvalue weighted by Gasteiger charge is -2.38. The van der Waals surface area contributed by atoms with Crippen LogP contribution in [0, 0.1) is 5.41 Å². The zero-order valence-corrected chi connectivity index (χ0v) is 14.0. The van der Waals surface area contributed by atoms with Crippen LogP contribution in [0.25, 0.3) is 0 Å². The van der Waals surface area contributed by atoms with Crippen LogP contribution in [-0.2, 0) is 16.6 Å². The maximum Gasteiger partial charge on any atom is 0.240 e. The molecule has 0 heterocycles. The number of halogens is 1. The van der Waals surface area contributed by atoms with Crippen LogP contribution in [-0.4, -0.2) is 19.6 Å². The molecule has 2 N–H and O–H groups in total. The number of rotatable bonds is 4. The van der Waals surface area contributed by atoms with E-state index in [9.17, 15) is 8.42 Å². The molecule has 0 bridgehead atoms. The van der Waals surface area contributed by atoms with Gasteiger partial charge in [-0.3, -0.25) is 0 Å². The second-order valence-corrected chi connectivity index (χ2v) is 8.44. The molecule has 0 spiro atoms. The molecule has 2 rings (SSSR count). The van der Waals surface area contributed by atoms with Crippen LogP contribution in [0.1, 0.15) is 45.1 Å². The summed E-state index contributed by atoms with van der Waals surface area (Å²) in [5, 5.41) is 9.36. The van der Waals surface area contributed by atoms with Crippen LogP contribution in [0.15, 0.2) is 23.1 Å². The molecule has 1 fully saturated rings. The Hall–Kier alpha value is -0.620. The van der Waals surface area contributed by atoms with Gasteiger partial charge in [0.05, 0.1) is 11.5 Å². The zero-order valence-electron chi connectivity index (χ0n) is 12.4. The second-order valence-electron chi connectivity index (χ2n) is 6.32. The minimum absolute atomic E-state index is 0.0415. The summed E-state index contributed by atoms with van der Waals surface area (Å²) in [4.78, 5) is 0.145. The first-order valence-corrected chi connectivity index (χ1v) is 9.04. The van der Waals surface area contributed by atoms with Gasteiger partial charge in [0, 0.05) is 11.1 Å². The molecule has 1 aliphatic rings. The van der Waals surface area contributed by atoms with Crippen LogP contribution in [0.5, 0.6) is 0 Å². The monoisotopic (exact) mass is 331 g/mol. The van der Waals surface area contributed by atoms with E-state index in [2.05, 4.69) is 18.6 Å². The topological polar surface area (TPSA) is 66.4 Å². The van der Waals surface area contributed by atoms with Crippen molar-refractivity contribution in [2.75, 3.05) is 0 Å². The lowest BCUT2D eigenvalue weighted by molar-refractivity contribution is 0.188. The third kappa shape index (κ3) is 3.77. The predicted octanol–water partition coefficient (Wildman–Crippen LogP) is 3.08. The maximum atomic E-state index is 12.5. The Labute approximate surface area is 131 Å². The molecular weight excluding hydrogens is 310 g/mol. The third-order valence-electron chi connectivity index (χ3n) is 4.31. The van der Waals surface area contributed by atoms with Gasteiger partial charge in [0.25, 0.3) is 0 Å². The molecule has 0 saturated heterocycles. The molecule has 4 nitrogen and oxygen atoms in total. The first-order valence-electron chi connectivity index (χ1n) is 7.18. The van der Waals surface area contributed by atoms with Crippen molar-refractivity contribution in [3.05, 3.63) is 28.8 Å². The summed E-state index contributed by atoms with van der Waals surface area (Å²) >= 11 is 5.98. The summed E-state index contributed by atoms with van der Waals surface area (Å²) in [6, 6.07) is 4.36. The van der Waals surface area contributed by atoms with E-state index in [4.69, 9.17) is 16.7 Å². The third-order valence-corrected chi connectivity index (χ3v) is 6.13. The lowest BCUT2D eigenvalue weighted by Crippen LogP contribution is -2.46. The van der Waals surface area contributed by atoms with Gasteiger partial charge < -0.3 is 5.11 Å². The quantitative estimate of drug-likeness (QED) is 0.891. The highest BCUT2D eigenvalue weighted by Crippen LogP contribution is 2.36. The molecule has 6 heteroatoms. The number of aliphatic hydroxyl groups is 1. The number of sulfonamides is 1. The molecule has 1 unspecified atom stereocenters. The number of nitrogens with one attached hydrogen (secondary N) is 1. The molecule has 118 valence electrons. The fraction of sp³-hybridized carbons (Fsp3) is 0.600. The number of hydrogen-bond donors (Lipinski definition) is 2. The van der Waals surface area contributed by atoms with Gasteiger partial charge in [-0.05, 0) is 36.0 Å². The summed E-state index contributed by atoms with van der Waals surface area (Å²) in [5.74, 6) is 0. The average molecular weight is 332 g/mol. The Kier molecular flexibility index (Phi) is 4.98. The highest BCUT2D eigenvalue weighted by Gasteiger charge is 2.35. The first-order chi connectivity index (χ1) is 9.76. The molecule has 0 aromatic heterocycles. The summed E-state index contributed by atoms with van der Waals surface area (Å²) in [5.41, 5.74) is 0.480. The van der Waals surface area contributed by atoms with Crippen molar-refractivity contribution in [3.63, 3.8) is 0 Å². The standard InChI is InChI=1S/C15H22ClNO3S/c1-15(2)8-4-3-5-14(15)17-21(19,20)12-7-6-11(10-18)13(16)9-12/h6-7,9,14,17-18H,3-5,8,10H2,1-2H3. The zero-order chi connectivity index (χ0) is 15.7. The SMILES string of the molecule is CC1(C)CCCCC1NS(=O)(=O)c1ccc(CO)c(Cl)c1. The van der Waals surface area contributed by atoms with Gasteiger partial charge in [0.15, 0.2) is 0 Å². The van der Waals surface area contributed by atoms with E-state index in [1.54, 1.807) is 6.07 Å². The molecular formula is C15H22ClNO3S. The highest BCUT2D eigenvalue weighted by atomic mass is 35.5. The smallest absolute Gasteiger partial charge is 0.240 e. The van der Waals surface area contributed by atoms with Gasteiger partial charge in [-0.15, -0.1) is 0 Å². The Bertz CT molecular complexity index is 613.